The lowest BCUT2D eigenvalue weighted by atomic mass is 9.87. The van der Waals surface area contributed by atoms with Gasteiger partial charge in [0.2, 0.25) is 0 Å². The fraction of sp³-hybridized carbons (Fsp3) is 0.381. The Balaban J connectivity index is 1.39. The first-order chi connectivity index (χ1) is 12.1. The van der Waals surface area contributed by atoms with Crippen LogP contribution in [0.5, 0.6) is 5.75 Å². The lowest BCUT2D eigenvalue weighted by Gasteiger charge is -2.22. The molecule has 0 fully saturated rings. The van der Waals surface area contributed by atoms with Gasteiger partial charge in [0.05, 0.1) is 19.6 Å². The summed E-state index contributed by atoms with van der Waals surface area (Å²) >= 11 is 0. The molecule has 0 N–H and O–H groups in total. The van der Waals surface area contributed by atoms with E-state index in [2.05, 4.69) is 43.0 Å². The molecular weight excluding hydrogens is 314 g/mol. The highest BCUT2D eigenvalue weighted by Crippen LogP contribution is 2.39. The van der Waals surface area contributed by atoms with Crippen molar-refractivity contribution in [2.45, 2.75) is 25.7 Å². The van der Waals surface area contributed by atoms with E-state index in [1.807, 2.05) is 18.2 Å². The van der Waals surface area contributed by atoms with Gasteiger partial charge in [0.15, 0.2) is 0 Å². The lowest BCUT2D eigenvalue weighted by molar-refractivity contribution is -0.135. The summed E-state index contributed by atoms with van der Waals surface area (Å²) in [6.07, 6.45) is 0.261. The van der Waals surface area contributed by atoms with Crippen molar-refractivity contribution >= 4 is 11.7 Å². The van der Waals surface area contributed by atoms with E-state index >= 15 is 0 Å². The van der Waals surface area contributed by atoms with Crippen molar-refractivity contribution in [1.29, 1.82) is 0 Å². The zero-order chi connectivity index (χ0) is 17.7. The highest BCUT2D eigenvalue weighted by molar-refractivity contribution is 5.72. The average Bonchev–Trinajstić information content (AvgIpc) is 2.87. The van der Waals surface area contributed by atoms with Crippen LogP contribution in [0.1, 0.15) is 25.8 Å². The Hall–Kier alpha value is -2.33. The molecule has 0 saturated carbocycles. The van der Waals surface area contributed by atoms with Crippen molar-refractivity contribution in [3.8, 4) is 5.75 Å². The number of anilines is 1. The Morgan fingerprint density at radius 2 is 1.76 bits per heavy atom. The topological polar surface area (TPSA) is 38.8 Å². The van der Waals surface area contributed by atoms with E-state index in [0.29, 0.717) is 19.0 Å². The van der Waals surface area contributed by atoms with Gasteiger partial charge < -0.3 is 14.4 Å². The standard InChI is InChI=1S/C21H25NO3/c1-21(2)16-22(19-11-7-6-10-18(19)21)13-15-24-14-12-20(23)25-17-8-4-3-5-9-17/h3-11H,12-16H2,1-2H3. The number of esters is 1. The summed E-state index contributed by atoms with van der Waals surface area (Å²) in [4.78, 5) is 14.1. The fourth-order valence-corrected chi connectivity index (χ4v) is 3.27. The third kappa shape index (κ3) is 4.40. The number of para-hydroxylation sites is 2. The number of carbonyl (C=O) groups excluding carboxylic acids is 1. The number of benzene rings is 2. The van der Waals surface area contributed by atoms with E-state index in [1.54, 1.807) is 12.1 Å². The van der Waals surface area contributed by atoms with E-state index in [1.165, 1.54) is 11.3 Å². The van der Waals surface area contributed by atoms with Crippen LogP contribution in [0.15, 0.2) is 54.6 Å². The van der Waals surface area contributed by atoms with E-state index in [-0.39, 0.29) is 17.8 Å². The number of ether oxygens (including phenoxy) is 2. The average molecular weight is 339 g/mol. The highest BCUT2D eigenvalue weighted by atomic mass is 16.5. The van der Waals surface area contributed by atoms with Crippen LogP contribution in [0.3, 0.4) is 0 Å². The first-order valence-electron chi connectivity index (χ1n) is 8.74. The maximum atomic E-state index is 11.8. The lowest BCUT2D eigenvalue weighted by Crippen LogP contribution is -2.31. The highest BCUT2D eigenvalue weighted by Gasteiger charge is 2.34. The monoisotopic (exact) mass is 339 g/mol. The molecule has 0 aliphatic carbocycles. The first kappa shape index (κ1) is 17.5. The maximum Gasteiger partial charge on any atom is 0.313 e. The molecule has 0 spiro atoms. The predicted molar refractivity (Wildman–Crippen MR) is 99.2 cm³/mol. The van der Waals surface area contributed by atoms with E-state index in [4.69, 9.17) is 9.47 Å². The second kappa shape index (κ2) is 7.70. The molecule has 0 bridgehead atoms. The molecule has 25 heavy (non-hydrogen) atoms. The predicted octanol–water partition coefficient (Wildman–Crippen LogP) is 3.80. The van der Waals surface area contributed by atoms with Crippen LogP contribution < -0.4 is 9.64 Å². The van der Waals surface area contributed by atoms with E-state index < -0.39 is 0 Å². The summed E-state index contributed by atoms with van der Waals surface area (Å²) < 4.78 is 10.9. The summed E-state index contributed by atoms with van der Waals surface area (Å²) in [5, 5.41) is 0. The van der Waals surface area contributed by atoms with Crippen molar-refractivity contribution < 1.29 is 14.3 Å². The Morgan fingerprint density at radius 1 is 1.04 bits per heavy atom. The van der Waals surface area contributed by atoms with Crippen molar-refractivity contribution in [3.05, 3.63) is 60.2 Å². The van der Waals surface area contributed by atoms with Gasteiger partial charge >= 0.3 is 5.97 Å². The van der Waals surface area contributed by atoms with Crippen molar-refractivity contribution in [2.75, 3.05) is 31.2 Å². The molecule has 0 amide bonds. The summed E-state index contributed by atoms with van der Waals surface area (Å²) in [5.41, 5.74) is 2.84. The van der Waals surface area contributed by atoms with Crippen LogP contribution in [0.2, 0.25) is 0 Å². The number of fused-ring (bicyclic) bond motifs is 1. The molecule has 2 aromatic rings. The smallest absolute Gasteiger partial charge is 0.313 e. The second-order valence-corrected chi connectivity index (χ2v) is 6.97. The van der Waals surface area contributed by atoms with Gasteiger partial charge in [-0.2, -0.15) is 0 Å². The molecule has 132 valence electrons. The molecular formula is C21H25NO3. The Labute approximate surface area is 149 Å². The van der Waals surface area contributed by atoms with Gasteiger partial charge in [-0.25, -0.2) is 0 Å². The summed E-state index contributed by atoms with van der Waals surface area (Å²) in [6.45, 7) is 7.34. The van der Waals surface area contributed by atoms with Crippen LogP contribution in [-0.2, 0) is 14.9 Å². The molecule has 1 aliphatic rings. The summed E-state index contributed by atoms with van der Waals surface area (Å²) in [6, 6.07) is 17.7. The minimum absolute atomic E-state index is 0.163. The Kier molecular flexibility index (Phi) is 5.39. The molecule has 0 aromatic heterocycles. The quantitative estimate of drug-likeness (QED) is 0.437. The van der Waals surface area contributed by atoms with E-state index in [9.17, 15) is 4.79 Å². The third-order valence-electron chi connectivity index (χ3n) is 4.49. The number of carbonyl (C=O) groups is 1. The third-order valence-corrected chi connectivity index (χ3v) is 4.49. The van der Waals surface area contributed by atoms with Crippen LogP contribution in [0, 0.1) is 0 Å². The molecule has 0 saturated heterocycles. The van der Waals surface area contributed by atoms with E-state index in [0.717, 1.165) is 13.1 Å². The number of hydrogen-bond donors (Lipinski definition) is 0. The van der Waals surface area contributed by atoms with Crippen LogP contribution in [-0.4, -0.2) is 32.3 Å². The molecule has 1 aliphatic heterocycles. The van der Waals surface area contributed by atoms with Crippen molar-refractivity contribution in [3.63, 3.8) is 0 Å². The maximum absolute atomic E-state index is 11.8. The normalized spacial score (nSPS) is 15.0. The van der Waals surface area contributed by atoms with Gasteiger partial charge in [-0.05, 0) is 23.8 Å². The zero-order valence-electron chi connectivity index (χ0n) is 14.9. The molecule has 3 rings (SSSR count). The molecule has 2 aromatic carbocycles. The van der Waals surface area contributed by atoms with Crippen molar-refractivity contribution in [1.82, 2.24) is 0 Å². The van der Waals surface area contributed by atoms with Crippen molar-refractivity contribution in [2.24, 2.45) is 0 Å². The molecule has 4 heteroatoms. The van der Waals surface area contributed by atoms with Gasteiger partial charge in [0.1, 0.15) is 5.75 Å². The van der Waals surface area contributed by atoms with Gasteiger partial charge in [0.25, 0.3) is 0 Å². The SMILES string of the molecule is CC1(C)CN(CCOCCC(=O)Oc2ccccc2)c2ccccc21. The molecule has 4 nitrogen and oxygen atoms in total. The minimum atomic E-state index is -0.265. The van der Waals surface area contributed by atoms with Crippen LogP contribution >= 0.6 is 0 Å². The molecule has 1 heterocycles. The first-order valence-corrected chi connectivity index (χ1v) is 8.74. The zero-order valence-corrected chi connectivity index (χ0v) is 14.9. The fourth-order valence-electron chi connectivity index (χ4n) is 3.27. The van der Waals surface area contributed by atoms with Gasteiger partial charge in [-0.3, -0.25) is 4.79 Å². The number of nitrogens with zero attached hydrogens (tertiary/aromatic N) is 1. The minimum Gasteiger partial charge on any atom is -0.426 e. The molecule has 0 atom stereocenters. The van der Waals surface area contributed by atoms with Gasteiger partial charge in [-0.1, -0.05) is 50.2 Å². The molecule has 0 unspecified atom stereocenters. The summed E-state index contributed by atoms with van der Waals surface area (Å²) in [5.74, 6) is 0.308. The number of hydrogen-bond acceptors (Lipinski definition) is 4. The van der Waals surface area contributed by atoms with Gasteiger partial charge in [0, 0.05) is 24.2 Å². The summed E-state index contributed by atoms with van der Waals surface area (Å²) in [7, 11) is 0. The van der Waals surface area contributed by atoms with Crippen LogP contribution in [0.25, 0.3) is 0 Å². The Morgan fingerprint density at radius 3 is 2.56 bits per heavy atom. The largest absolute Gasteiger partial charge is 0.426 e. The Bertz CT molecular complexity index is 712. The second-order valence-electron chi connectivity index (χ2n) is 6.97. The van der Waals surface area contributed by atoms with Gasteiger partial charge in [-0.15, -0.1) is 0 Å². The number of rotatable bonds is 7. The molecule has 0 radical (unpaired) electrons. The van der Waals surface area contributed by atoms with Crippen LogP contribution in [0.4, 0.5) is 5.69 Å².